The summed E-state index contributed by atoms with van der Waals surface area (Å²) in [4.78, 5) is 15.9. The number of nitrogens with two attached hydrogens (primary N) is 1. The first-order valence-corrected chi connectivity index (χ1v) is 9.41. The van der Waals surface area contributed by atoms with Gasteiger partial charge >= 0.3 is 6.09 Å². The minimum Gasteiger partial charge on any atom is -0.450 e. The Morgan fingerprint density at radius 1 is 1.03 bits per heavy atom. The number of benzene rings is 2. The van der Waals surface area contributed by atoms with Crippen molar-refractivity contribution in [1.29, 1.82) is 0 Å². The van der Waals surface area contributed by atoms with Gasteiger partial charge in [-0.3, -0.25) is 5.32 Å². The molecule has 0 saturated heterocycles. The summed E-state index contributed by atoms with van der Waals surface area (Å²) < 4.78 is 31.4. The summed E-state index contributed by atoms with van der Waals surface area (Å²) >= 11 is 0. The molecule has 0 saturated carbocycles. The monoisotopic (exact) mass is 412 g/mol. The second-order valence-electron chi connectivity index (χ2n) is 6.55. The maximum atomic E-state index is 13.4. The van der Waals surface area contributed by atoms with Gasteiger partial charge in [-0.2, -0.15) is 0 Å². The SMILES string of the molecule is CCOC(=O)Nc1ccc(NC(Cc2ccc(F)cc2)c2ccc(F)cc2)nc1N. The number of pyridine rings is 1. The molecule has 1 aromatic heterocycles. The van der Waals surface area contributed by atoms with Crippen molar-refractivity contribution in [3.05, 3.63) is 83.4 Å². The Kier molecular flexibility index (Phi) is 6.79. The molecule has 0 fully saturated rings. The molecule has 3 aromatic rings. The van der Waals surface area contributed by atoms with Gasteiger partial charge in [0, 0.05) is 0 Å². The number of ether oxygens (including phenoxy) is 1. The summed E-state index contributed by atoms with van der Waals surface area (Å²) in [6.45, 7) is 1.94. The fourth-order valence-corrected chi connectivity index (χ4v) is 2.92. The van der Waals surface area contributed by atoms with Crippen molar-refractivity contribution in [2.24, 2.45) is 0 Å². The Balaban J connectivity index is 1.81. The molecule has 30 heavy (non-hydrogen) atoms. The lowest BCUT2D eigenvalue weighted by molar-refractivity contribution is 0.168. The van der Waals surface area contributed by atoms with Gasteiger partial charge in [-0.05, 0) is 60.9 Å². The molecule has 156 valence electrons. The van der Waals surface area contributed by atoms with Gasteiger partial charge in [0.05, 0.1) is 18.3 Å². The maximum Gasteiger partial charge on any atom is 0.411 e. The molecule has 4 N–H and O–H groups in total. The molecule has 0 spiro atoms. The largest absolute Gasteiger partial charge is 0.450 e. The highest BCUT2D eigenvalue weighted by Gasteiger charge is 2.15. The van der Waals surface area contributed by atoms with Gasteiger partial charge in [0.2, 0.25) is 0 Å². The smallest absolute Gasteiger partial charge is 0.411 e. The van der Waals surface area contributed by atoms with E-state index in [2.05, 4.69) is 15.6 Å². The van der Waals surface area contributed by atoms with Crippen LogP contribution < -0.4 is 16.4 Å². The van der Waals surface area contributed by atoms with Gasteiger partial charge in [0.25, 0.3) is 0 Å². The number of nitrogen functional groups attached to an aromatic ring is 1. The predicted octanol–water partition coefficient (Wildman–Crippen LogP) is 4.91. The van der Waals surface area contributed by atoms with Crippen LogP contribution in [0.1, 0.15) is 24.1 Å². The third-order valence-corrected chi connectivity index (χ3v) is 4.38. The fraction of sp³-hybridized carbons (Fsp3) is 0.182. The van der Waals surface area contributed by atoms with E-state index in [0.29, 0.717) is 17.9 Å². The molecule has 1 heterocycles. The van der Waals surface area contributed by atoms with Crippen LogP contribution in [0.4, 0.5) is 30.9 Å². The van der Waals surface area contributed by atoms with E-state index >= 15 is 0 Å². The van der Waals surface area contributed by atoms with Crippen LogP contribution in [0.25, 0.3) is 0 Å². The van der Waals surface area contributed by atoms with Crippen molar-refractivity contribution in [2.75, 3.05) is 23.0 Å². The number of halogens is 2. The maximum absolute atomic E-state index is 13.4. The molecule has 0 aliphatic carbocycles. The average Bonchev–Trinajstić information content (AvgIpc) is 2.72. The number of carbonyl (C=O) groups is 1. The van der Waals surface area contributed by atoms with Gasteiger partial charge in [0.1, 0.15) is 23.3 Å². The summed E-state index contributed by atoms with van der Waals surface area (Å²) in [5.41, 5.74) is 8.01. The average molecular weight is 412 g/mol. The highest BCUT2D eigenvalue weighted by Crippen LogP contribution is 2.26. The second-order valence-corrected chi connectivity index (χ2v) is 6.55. The number of amides is 1. The van der Waals surface area contributed by atoms with Crippen LogP contribution >= 0.6 is 0 Å². The summed E-state index contributed by atoms with van der Waals surface area (Å²) in [5.74, 6) is -0.0637. The molecule has 1 amide bonds. The van der Waals surface area contributed by atoms with Gasteiger partial charge in [0.15, 0.2) is 0 Å². The third kappa shape index (κ3) is 5.66. The molecule has 2 aromatic carbocycles. The minimum absolute atomic E-state index is 0.118. The molecule has 0 aliphatic heterocycles. The number of anilines is 3. The Bertz CT molecular complexity index is 995. The number of aromatic nitrogens is 1. The van der Waals surface area contributed by atoms with Crippen LogP contribution in [0.15, 0.2) is 60.7 Å². The molecule has 6 nitrogen and oxygen atoms in total. The summed E-state index contributed by atoms with van der Waals surface area (Å²) in [6, 6.07) is 15.3. The second kappa shape index (κ2) is 9.69. The minimum atomic E-state index is -0.618. The first kappa shape index (κ1) is 21.0. The quantitative estimate of drug-likeness (QED) is 0.513. The van der Waals surface area contributed by atoms with E-state index in [0.717, 1.165) is 11.1 Å². The van der Waals surface area contributed by atoms with E-state index in [1.165, 1.54) is 24.3 Å². The molecule has 0 radical (unpaired) electrons. The van der Waals surface area contributed by atoms with Crippen LogP contribution in [0.5, 0.6) is 0 Å². The van der Waals surface area contributed by atoms with E-state index in [1.54, 1.807) is 43.3 Å². The number of hydrogen-bond acceptors (Lipinski definition) is 5. The van der Waals surface area contributed by atoms with E-state index in [1.807, 2.05) is 0 Å². The van der Waals surface area contributed by atoms with E-state index in [4.69, 9.17) is 10.5 Å². The normalized spacial score (nSPS) is 11.6. The summed E-state index contributed by atoms with van der Waals surface area (Å²) in [6.07, 6.45) is -0.108. The van der Waals surface area contributed by atoms with Crippen molar-refractivity contribution < 1.29 is 18.3 Å². The van der Waals surface area contributed by atoms with E-state index in [-0.39, 0.29) is 30.1 Å². The number of rotatable bonds is 7. The molecular weight excluding hydrogens is 390 g/mol. The van der Waals surface area contributed by atoms with Gasteiger partial charge in [-0.1, -0.05) is 24.3 Å². The molecule has 8 heteroatoms. The Hall–Kier alpha value is -3.68. The highest BCUT2D eigenvalue weighted by molar-refractivity contribution is 5.88. The molecule has 1 unspecified atom stereocenters. The Labute approximate surface area is 173 Å². The first-order chi connectivity index (χ1) is 14.4. The van der Waals surface area contributed by atoms with Crippen molar-refractivity contribution in [2.45, 2.75) is 19.4 Å². The number of carbonyl (C=O) groups excluding carboxylic acids is 1. The summed E-state index contributed by atoms with van der Waals surface area (Å²) in [5, 5.41) is 5.79. The number of nitrogens with one attached hydrogen (secondary N) is 2. The molecule has 0 aliphatic rings. The van der Waals surface area contributed by atoms with Crippen LogP contribution in [0, 0.1) is 11.6 Å². The van der Waals surface area contributed by atoms with Crippen LogP contribution in [0.2, 0.25) is 0 Å². The predicted molar refractivity (Wildman–Crippen MR) is 112 cm³/mol. The van der Waals surface area contributed by atoms with Crippen molar-refractivity contribution >= 4 is 23.4 Å². The van der Waals surface area contributed by atoms with Crippen molar-refractivity contribution in [3.8, 4) is 0 Å². The molecule has 1 atom stereocenters. The lowest BCUT2D eigenvalue weighted by atomic mass is 9.98. The van der Waals surface area contributed by atoms with Crippen LogP contribution in [0.3, 0.4) is 0 Å². The Morgan fingerprint density at radius 2 is 1.67 bits per heavy atom. The molecular formula is C22H22F2N4O2. The number of hydrogen-bond donors (Lipinski definition) is 3. The standard InChI is InChI=1S/C22H22F2N4O2/c1-2-30-22(29)27-18-11-12-20(28-21(18)25)26-19(15-5-9-17(24)10-6-15)13-14-3-7-16(23)8-4-14/h3-12,19H,2,13H2,1H3,(H,27,29)(H3,25,26,28). The van der Waals surface area contributed by atoms with Gasteiger partial charge in [-0.25, -0.2) is 18.6 Å². The topological polar surface area (TPSA) is 89.3 Å². The van der Waals surface area contributed by atoms with Gasteiger partial charge < -0.3 is 15.8 Å². The fourth-order valence-electron chi connectivity index (χ4n) is 2.92. The van der Waals surface area contributed by atoms with Crippen molar-refractivity contribution in [3.63, 3.8) is 0 Å². The summed E-state index contributed by atoms with van der Waals surface area (Å²) in [7, 11) is 0. The van der Waals surface area contributed by atoms with E-state index < -0.39 is 6.09 Å². The highest BCUT2D eigenvalue weighted by atomic mass is 19.1. The number of nitrogens with zero attached hydrogens (tertiary/aromatic N) is 1. The molecule has 3 rings (SSSR count). The van der Waals surface area contributed by atoms with Gasteiger partial charge in [-0.15, -0.1) is 0 Å². The zero-order valence-corrected chi connectivity index (χ0v) is 16.4. The van der Waals surface area contributed by atoms with Crippen LogP contribution in [-0.4, -0.2) is 17.7 Å². The lowest BCUT2D eigenvalue weighted by Gasteiger charge is -2.21. The van der Waals surface area contributed by atoms with Crippen molar-refractivity contribution in [1.82, 2.24) is 4.98 Å². The van der Waals surface area contributed by atoms with Crippen LogP contribution in [-0.2, 0) is 11.2 Å². The zero-order chi connectivity index (χ0) is 21.5. The lowest BCUT2D eigenvalue weighted by Crippen LogP contribution is -2.17. The zero-order valence-electron chi connectivity index (χ0n) is 16.4. The first-order valence-electron chi connectivity index (χ1n) is 9.41. The Morgan fingerprint density at radius 3 is 2.27 bits per heavy atom. The molecule has 0 bridgehead atoms. The third-order valence-electron chi connectivity index (χ3n) is 4.38. The van der Waals surface area contributed by atoms with E-state index in [9.17, 15) is 13.6 Å².